The van der Waals surface area contributed by atoms with Crippen molar-refractivity contribution in [1.82, 2.24) is 15.2 Å². The Kier molecular flexibility index (Phi) is 5.18. The Morgan fingerprint density at radius 3 is 2.59 bits per heavy atom. The Morgan fingerprint density at radius 2 is 1.96 bits per heavy atom. The summed E-state index contributed by atoms with van der Waals surface area (Å²) in [6, 6.07) is 7.86. The topological polar surface area (TPSA) is 87.5 Å². The van der Waals surface area contributed by atoms with E-state index >= 15 is 0 Å². The van der Waals surface area contributed by atoms with Crippen LogP contribution in [0.25, 0.3) is 0 Å². The maximum atomic E-state index is 12.6. The summed E-state index contributed by atoms with van der Waals surface area (Å²) in [6.07, 6.45) is 3.92. The molecule has 5 rings (SSSR count). The summed E-state index contributed by atoms with van der Waals surface area (Å²) in [5, 5.41) is 6.27. The molecule has 0 radical (unpaired) electrons. The number of rotatable bonds is 5. The third-order valence-corrected chi connectivity index (χ3v) is 5.97. The number of nitrogens with one attached hydrogen (secondary N) is 2. The second-order valence-corrected chi connectivity index (χ2v) is 8.09. The molecule has 1 aromatic heterocycles. The van der Waals surface area contributed by atoms with E-state index in [1.165, 1.54) is 31.5 Å². The van der Waals surface area contributed by atoms with Gasteiger partial charge in [-0.1, -0.05) is 11.8 Å². The van der Waals surface area contributed by atoms with Crippen molar-refractivity contribution in [3.8, 4) is 0 Å². The smallest absolute Gasteiger partial charge is 0.302 e. The van der Waals surface area contributed by atoms with Crippen molar-refractivity contribution in [2.45, 2.75) is 35.8 Å². The molecule has 0 aliphatic carbocycles. The van der Waals surface area contributed by atoms with Crippen LogP contribution in [0.5, 0.6) is 0 Å². The molecule has 3 aliphatic rings. The SMILES string of the molecule is CC(=O)Nc1ncc(Sc2ccc(C(=O)NC3CN4CCC3CC4)cc2)o1. The molecule has 3 aliphatic heterocycles. The number of anilines is 1. The van der Waals surface area contributed by atoms with Crippen LogP contribution in [0, 0.1) is 5.92 Å². The Labute approximate surface area is 161 Å². The molecule has 3 saturated heterocycles. The molecule has 3 fully saturated rings. The van der Waals surface area contributed by atoms with Crippen LogP contribution < -0.4 is 10.6 Å². The average Bonchev–Trinajstić information content (AvgIpc) is 3.09. The summed E-state index contributed by atoms with van der Waals surface area (Å²) in [6.45, 7) is 4.69. The zero-order valence-corrected chi connectivity index (χ0v) is 15.9. The number of carbonyl (C=O) groups excluding carboxylic acids is 2. The van der Waals surface area contributed by atoms with Crippen molar-refractivity contribution in [2.75, 3.05) is 25.0 Å². The van der Waals surface area contributed by atoms with Crippen LogP contribution in [0.2, 0.25) is 0 Å². The second kappa shape index (κ2) is 7.74. The normalized spacial score (nSPS) is 23.8. The first kappa shape index (κ1) is 18.1. The summed E-state index contributed by atoms with van der Waals surface area (Å²) in [4.78, 5) is 30.9. The van der Waals surface area contributed by atoms with E-state index in [9.17, 15) is 9.59 Å². The Hall–Kier alpha value is -2.32. The van der Waals surface area contributed by atoms with Gasteiger partial charge in [0, 0.05) is 30.0 Å². The van der Waals surface area contributed by atoms with Crippen LogP contribution in [0.15, 0.2) is 44.9 Å². The summed E-state index contributed by atoms with van der Waals surface area (Å²) in [7, 11) is 0. The van der Waals surface area contributed by atoms with Gasteiger partial charge in [0.05, 0.1) is 6.20 Å². The third kappa shape index (κ3) is 4.33. The van der Waals surface area contributed by atoms with Gasteiger partial charge in [-0.3, -0.25) is 14.9 Å². The van der Waals surface area contributed by atoms with Gasteiger partial charge in [0.15, 0.2) is 5.09 Å². The van der Waals surface area contributed by atoms with Crippen LogP contribution in [-0.2, 0) is 4.79 Å². The van der Waals surface area contributed by atoms with Crippen LogP contribution >= 0.6 is 11.8 Å². The van der Waals surface area contributed by atoms with Gasteiger partial charge in [-0.05, 0) is 56.1 Å². The lowest BCUT2D eigenvalue weighted by Crippen LogP contribution is -2.57. The second-order valence-electron chi connectivity index (χ2n) is 7.01. The van der Waals surface area contributed by atoms with Gasteiger partial charge in [-0.25, -0.2) is 4.98 Å². The highest BCUT2D eigenvalue weighted by molar-refractivity contribution is 7.99. The summed E-state index contributed by atoms with van der Waals surface area (Å²) in [5.74, 6) is 0.364. The van der Waals surface area contributed by atoms with E-state index in [1.54, 1.807) is 6.20 Å². The fourth-order valence-corrected chi connectivity index (χ4v) is 4.42. The van der Waals surface area contributed by atoms with E-state index in [0.717, 1.165) is 24.5 Å². The molecular weight excluding hydrogens is 364 g/mol. The summed E-state index contributed by atoms with van der Waals surface area (Å²) < 4.78 is 5.44. The summed E-state index contributed by atoms with van der Waals surface area (Å²) >= 11 is 1.38. The van der Waals surface area contributed by atoms with Gasteiger partial charge in [0.25, 0.3) is 5.91 Å². The maximum absolute atomic E-state index is 12.6. The largest absolute Gasteiger partial charge is 0.416 e. The standard InChI is InChI=1S/C19H22N4O3S/c1-12(24)21-19-20-10-17(26-19)27-15-4-2-14(3-5-15)18(25)22-16-11-23-8-6-13(16)7-9-23/h2-5,10,13,16H,6-9,11H2,1H3,(H,22,25)(H,20,21,24). The molecule has 0 spiro atoms. The lowest BCUT2D eigenvalue weighted by molar-refractivity contribution is -0.114. The molecule has 8 heteroatoms. The van der Waals surface area contributed by atoms with E-state index in [2.05, 4.69) is 20.5 Å². The third-order valence-electron chi connectivity index (χ3n) is 5.08. The quantitative estimate of drug-likeness (QED) is 0.821. The number of fused-ring (bicyclic) bond motifs is 3. The minimum absolute atomic E-state index is 0.0158. The van der Waals surface area contributed by atoms with Crippen LogP contribution in [-0.4, -0.2) is 47.4 Å². The van der Waals surface area contributed by atoms with Gasteiger partial charge in [0.1, 0.15) is 0 Å². The zero-order chi connectivity index (χ0) is 18.8. The minimum Gasteiger partial charge on any atom is -0.416 e. The number of hydrogen-bond donors (Lipinski definition) is 2. The summed E-state index contributed by atoms with van der Waals surface area (Å²) in [5.41, 5.74) is 0.660. The number of nitrogens with zero attached hydrogens (tertiary/aromatic N) is 2. The van der Waals surface area contributed by atoms with E-state index < -0.39 is 0 Å². The predicted molar refractivity (Wildman–Crippen MR) is 102 cm³/mol. The highest BCUT2D eigenvalue weighted by Gasteiger charge is 2.34. The van der Waals surface area contributed by atoms with Gasteiger partial charge >= 0.3 is 6.01 Å². The highest BCUT2D eigenvalue weighted by Crippen LogP contribution is 2.30. The molecule has 2 N–H and O–H groups in total. The molecule has 1 unspecified atom stereocenters. The minimum atomic E-state index is -0.230. The number of oxazole rings is 1. The number of benzene rings is 1. The number of carbonyl (C=O) groups is 2. The number of hydrogen-bond acceptors (Lipinski definition) is 6. The lowest BCUT2D eigenvalue weighted by Gasteiger charge is -2.44. The Morgan fingerprint density at radius 1 is 1.22 bits per heavy atom. The zero-order valence-electron chi connectivity index (χ0n) is 15.1. The lowest BCUT2D eigenvalue weighted by atomic mass is 9.84. The fraction of sp³-hybridized carbons (Fsp3) is 0.421. The van der Waals surface area contributed by atoms with Gasteiger partial charge < -0.3 is 14.6 Å². The molecule has 27 heavy (non-hydrogen) atoms. The van der Waals surface area contributed by atoms with Crippen molar-refractivity contribution < 1.29 is 14.0 Å². The van der Waals surface area contributed by atoms with E-state index in [4.69, 9.17) is 4.42 Å². The predicted octanol–water partition coefficient (Wildman–Crippen LogP) is 2.61. The Bertz CT molecular complexity index is 828. The molecule has 2 amide bonds. The van der Waals surface area contributed by atoms with Crippen molar-refractivity contribution in [2.24, 2.45) is 5.92 Å². The van der Waals surface area contributed by atoms with Crippen LogP contribution in [0.1, 0.15) is 30.1 Å². The van der Waals surface area contributed by atoms with Gasteiger partial charge in [0.2, 0.25) is 5.91 Å². The molecule has 1 aromatic carbocycles. The van der Waals surface area contributed by atoms with Gasteiger partial charge in [-0.2, -0.15) is 0 Å². The number of aromatic nitrogens is 1. The van der Waals surface area contributed by atoms with Gasteiger partial charge in [-0.15, -0.1) is 0 Å². The first-order valence-electron chi connectivity index (χ1n) is 9.11. The first-order valence-corrected chi connectivity index (χ1v) is 9.93. The van der Waals surface area contributed by atoms with Crippen LogP contribution in [0.4, 0.5) is 6.01 Å². The molecule has 1 atom stereocenters. The molecule has 2 aromatic rings. The first-order chi connectivity index (χ1) is 13.1. The van der Waals surface area contributed by atoms with E-state index in [-0.39, 0.29) is 23.9 Å². The van der Waals surface area contributed by atoms with Crippen molar-refractivity contribution >= 4 is 29.6 Å². The average molecular weight is 386 g/mol. The molecular formula is C19H22N4O3S. The molecule has 0 saturated carbocycles. The van der Waals surface area contributed by atoms with Crippen molar-refractivity contribution in [3.05, 3.63) is 36.0 Å². The molecule has 2 bridgehead atoms. The maximum Gasteiger partial charge on any atom is 0.302 e. The monoisotopic (exact) mass is 386 g/mol. The van der Waals surface area contributed by atoms with Crippen molar-refractivity contribution in [3.63, 3.8) is 0 Å². The molecule has 4 heterocycles. The fourth-order valence-electron chi connectivity index (χ4n) is 3.69. The van der Waals surface area contributed by atoms with E-state index in [0.29, 0.717) is 16.6 Å². The number of amides is 2. The van der Waals surface area contributed by atoms with Crippen molar-refractivity contribution in [1.29, 1.82) is 0 Å². The Balaban J connectivity index is 1.35. The van der Waals surface area contributed by atoms with Crippen LogP contribution in [0.3, 0.4) is 0 Å². The number of piperidine rings is 3. The highest BCUT2D eigenvalue weighted by atomic mass is 32.2. The van der Waals surface area contributed by atoms with E-state index in [1.807, 2.05) is 24.3 Å². The molecule has 142 valence electrons. The molecule has 7 nitrogen and oxygen atoms in total.